The van der Waals surface area contributed by atoms with Gasteiger partial charge in [0.2, 0.25) is 0 Å². The molecule has 0 aromatic carbocycles. The minimum absolute atomic E-state index is 0.534. The summed E-state index contributed by atoms with van der Waals surface area (Å²) in [7, 11) is 0. The number of carbonyl (C=O) groups is 1. The molecule has 0 unspecified atom stereocenters. The maximum Gasteiger partial charge on any atom is 0.291 e. The maximum atomic E-state index is 11.1. The van der Waals surface area contributed by atoms with Crippen molar-refractivity contribution in [3.63, 3.8) is 0 Å². The molecule has 86 valence electrons. The molecular weight excluding hydrogens is 190 g/mol. The first-order valence-corrected chi connectivity index (χ1v) is 5.53. The number of unbranched alkanes of at least 4 members (excludes halogenated alkanes) is 4. The molecule has 0 aromatic rings. The number of nitroso groups, excluding NO2 is 1. The van der Waals surface area contributed by atoms with Gasteiger partial charge in [-0.15, -0.1) is 11.5 Å². The van der Waals surface area contributed by atoms with Crippen molar-refractivity contribution in [3.05, 3.63) is 17.6 Å². The Balaban J connectivity index is 3.61. The molecule has 0 aliphatic rings. The van der Waals surface area contributed by atoms with Gasteiger partial charge in [0.25, 0.3) is 5.91 Å². The molecule has 0 atom stereocenters. The van der Waals surface area contributed by atoms with Crippen LogP contribution in [0.25, 0.3) is 0 Å². The molecule has 0 fully saturated rings. The predicted molar refractivity (Wildman–Crippen MR) is 62.5 cm³/mol. The number of rotatable bonds is 8. The van der Waals surface area contributed by atoms with Crippen molar-refractivity contribution < 1.29 is 4.79 Å². The third-order valence-electron chi connectivity index (χ3n) is 2.62. The quantitative estimate of drug-likeness (QED) is 0.348. The van der Waals surface area contributed by atoms with Crippen molar-refractivity contribution in [2.24, 2.45) is 10.6 Å². The summed E-state index contributed by atoms with van der Waals surface area (Å²) in [6.07, 6.45) is 8.11. The number of hydrogen-bond acceptors (Lipinski definition) is 2. The molecule has 0 radical (unpaired) electrons. The highest BCUT2D eigenvalue weighted by Gasteiger charge is 2.27. The van der Waals surface area contributed by atoms with Gasteiger partial charge in [-0.1, -0.05) is 39.2 Å². The van der Waals surface area contributed by atoms with E-state index in [9.17, 15) is 9.70 Å². The van der Waals surface area contributed by atoms with Crippen molar-refractivity contribution in [2.45, 2.75) is 52.4 Å². The molecular formula is C12H21NO2. The fourth-order valence-electron chi connectivity index (χ4n) is 1.44. The van der Waals surface area contributed by atoms with E-state index >= 15 is 0 Å². The summed E-state index contributed by atoms with van der Waals surface area (Å²) in [5.74, 6) is -0.534. The van der Waals surface area contributed by atoms with Gasteiger partial charge in [-0.3, -0.25) is 4.79 Å². The SMILES string of the molecule is C=CCCCCCCC(C)(C)C(=O)N=O. The lowest BCUT2D eigenvalue weighted by atomic mass is 9.86. The monoisotopic (exact) mass is 211 g/mol. The molecule has 15 heavy (non-hydrogen) atoms. The fraction of sp³-hybridized carbons (Fsp3) is 0.750. The Bertz CT molecular complexity index is 222. The Labute approximate surface area is 91.9 Å². The van der Waals surface area contributed by atoms with Crippen LogP contribution in [0, 0.1) is 10.3 Å². The Morgan fingerprint density at radius 3 is 2.40 bits per heavy atom. The molecule has 0 aliphatic carbocycles. The third kappa shape index (κ3) is 6.15. The second kappa shape index (κ2) is 7.32. The van der Waals surface area contributed by atoms with Crippen LogP contribution in [0.4, 0.5) is 0 Å². The molecule has 3 nitrogen and oxygen atoms in total. The van der Waals surface area contributed by atoms with E-state index in [0.29, 0.717) is 0 Å². The summed E-state index contributed by atoms with van der Waals surface area (Å²) in [6.45, 7) is 7.22. The van der Waals surface area contributed by atoms with Gasteiger partial charge in [-0.25, -0.2) is 0 Å². The van der Waals surface area contributed by atoms with Gasteiger partial charge in [0.15, 0.2) is 0 Å². The molecule has 0 saturated carbocycles. The summed E-state index contributed by atoms with van der Waals surface area (Å²) in [5, 5.41) is 2.49. The van der Waals surface area contributed by atoms with Crippen molar-refractivity contribution in [1.82, 2.24) is 0 Å². The van der Waals surface area contributed by atoms with Crippen LogP contribution < -0.4 is 0 Å². The molecule has 0 heterocycles. The zero-order valence-electron chi connectivity index (χ0n) is 9.79. The van der Waals surface area contributed by atoms with Crippen molar-refractivity contribution in [1.29, 1.82) is 0 Å². The molecule has 0 aliphatic heterocycles. The molecule has 3 heteroatoms. The van der Waals surface area contributed by atoms with Crippen LogP contribution >= 0.6 is 0 Å². The van der Waals surface area contributed by atoms with Crippen LogP contribution in [0.2, 0.25) is 0 Å². The van der Waals surface area contributed by atoms with Crippen molar-refractivity contribution in [2.75, 3.05) is 0 Å². The van der Waals surface area contributed by atoms with Crippen LogP contribution in [0.5, 0.6) is 0 Å². The first-order valence-electron chi connectivity index (χ1n) is 5.53. The van der Waals surface area contributed by atoms with Gasteiger partial charge in [-0.2, -0.15) is 0 Å². The van der Waals surface area contributed by atoms with E-state index in [2.05, 4.69) is 11.8 Å². The summed E-state index contributed by atoms with van der Waals surface area (Å²) in [6, 6.07) is 0. The van der Waals surface area contributed by atoms with Gasteiger partial charge < -0.3 is 0 Å². The summed E-state index contributed by atoms with van der Waals surface area (Å²) >= 11 is 0. The van der Waals surface area contributed by atoms with Crippen LogP contribution in [-0.2, 0) is 4.79 Å². The standard InChI is InChI=1S/C12H21NO2/c1-4-5-6-7-8-9-10-12(2,3)11(14)13-15/h4H,1,5-10H2,2-3H3. The lowest BCUT2D eigenvalue weighted by molar-refractivity contribution is -0.126. The zero-order valence-corrected chi connectivity index (χ0v) is 9.79. The number of allylic oxidation sites excluding steroid dienone is 1. The summed E-state index contributed by atoms with van der Waals surface area (Å²) in [4.78, 5) is 21.2. The first-order chi connectivity index (χ1) is 7.04. The van der Waals surface area contributed by atoms with Crippen LogP contribution in [-0.4, -0.2) is 5.91 Å². The van der Waals surface area contributed by atoms with Gasteiger partial charge in [0.1, 0.15) is 0 Å². The molecule has 0 saturated heterocycles. The van der Waals surface area contributed by atoms with E-state index in [1.165, 1.54) is 0 Å². The van der Waals surface area contributed by atoms with E-state index in [-0.39, 0.29) is 0 Å². The van der Waals surface area contributed by atoms with Crippen LogP contribution in [0.3, 0.4) is 0 Å². The molecule has 0 rings (SSSR count). The second-order valence-corrected chi connectivity index (χ2v) is 4.52. The van der Waals surface area contributed by atoms with Gasteiger partial charge in [0.05, 0.1) is 0 Å². The Morgan fingerprint density at radius 2 is 1.87 bits per heavy atom. The molecule has 0 aromatic heterocycles. The highest BCUT2D eigenvalue weighted by molar-refractivity contribution is 5.82. The molecule has 0 spiro atoms. The van der Waals surface area contributed by atoms with E-state index in [0.717, 1.165) is 38.5 Å². The summed E-state index contributed by atoms with van der Waals surface area (Å²) in [5.41, 5.74) is -0.583. The van der Waals surface area contributed by atoms with Crippen LogP contribution in [0.15, 0.2) is 17.8 Å². The summed E-state index contributed by atoms with van der Waals surface area (Å²) < 4.78 is 0. The Kier molecular flexibility index (Phi) is 6.84. The lowest BCUT2D eigenvalue weighted by Gasteiger charge is -2.18. The zero-order chi connectivity index (χ0) is 11.7. The number of nitrogens with zero attached hydrogens (tertiary/aromatic N) is 1. The number of hydrogen-bond donors (Lipinski definition) is 0. The van der Waals surface area contributed by atoms with Gasteiger partial charge in [-0.05, 0) is 19.3 Å². The third-order valence-corrected chi connectivity index (χ3v) is 2.62. The van der Waals surface area contributed by atoms with E-state index < -0.39 is 11.3 Å². The highest BCUT2D eigenvalue weighted by atomic mass is 16.3. The second-order valence-electron chi connectivity index (χ2n) is 4.52. The first kappa shape index (κ1) is 14.0. The average Bonchev–Trinajstić information content (AvgIpc) is 2.22. The van der Waals surface area contributed by atoms with Crippen molar-refractivity contribution >= 4 is 5.91 Å². The highest BCUT2D eigenvalue weighted by Crippen LogP contribution is 2.25. The largest absolute Gasteiger partial charge is 0.291 e. The predicted octanol–water partition coefficient (Wildman–Crippen LogP) is 3.83. The maximum absolute atomic E-state index is 11.1. The minimum atomic E-state index is -0.583. The van der Waals surface area contributed by atoms with Gasteiger partial charge in [0, 0.05) is 10.6 Å². The van der Waals surface area contributed by atoms with E-state index in [1.807, 2.05) is 6.08 Å². The molecule has 1 amide bonds. The lowest BCUT2D eigenvalue weighted by Crippen LogP contribution is -2.21. The number of amides is 1. The normalized spacial score (nSPS) is 11.1. The Hall–Kier alpha value is -0.990. The minimum Gasteiger partial charge on any atom is -0.268 e. The van der Waals surface area contributed by atoms with Gasteiger partial charge >= 0.3 is 0 Å². The molecule has 0 N–H and O–H groups in total. The fourth-order valence-corrected chi connectivity index (χ4v) is 1.44. The van der Waals surface area contributed by atoms with E-state index in [4.69, 9.17) is 0 Å². The van der Waals surface area contributed by atoms with Crippen molar-refractivity contribution in [3.8, 4) is 0 Å². The Morgan fingerprint density at radius 1 is 1.27 bits per heavy atom. The average molecular weight is 211 g/mol. The smallest absolute Gasteiger partial charge is 0.268 e. The molecule has 0 bridgehead atoms. The topological polar surface area (TPSA) is 46.5 Å². The number of carbonyl (C=O) groups excluding carboxylic acids is 1. The van der Waals surface area contributed by atoms with Crippen LogP contribution in [0.1, 0.15) is 52.4 Å². The van der Waals surface area contributed by atoms with E-state index in [1.54, 1.807) is 13.8 Å².